The molecule has 0 spiro atoms. The molecule has 0 bridgehead atoms. The number of carbonyl (C=O) groups excluding carboxylic acids is 2. The molecule has 0 aliphatic heterocycles. The summed E-state index contributed by atoms with van der Waals surface area (Å²) in [7, 11) is 1.64. The van der Waals surface area contributed by atoms with Crippen molar-refractivity contribution in [1.82, 2.24) is 10.8 Å². The molecule has 0 aromatic heterocycles. The van der Waals surface area contributed by atoms with Gasteiger partial charge in [0.25, 0.3) is 0 Å². The predicted octanol–water partition coefficient (Wildman–Crippen LogP) is 0.854. The van der Waals surface area contributed by atoms with E-state index in [0.717, 1.165) is 6.42 Å². The molecule has 7 nitrogen and oxygen atoms in total. The highest BCUT2D eigenvalue weighted by atomic mass is 16.5. The maximum absolute atomic E-state index is 11.5. The van der Waals surface area contributed by atoms with Crippen molar-refractivity contribution in [2.45, 2.75) is 52.2 Å². The molecule has 0 heterocycles. The number of hydrogen-bond acceptors (Lipinski definition) is 5. The Morgan fingerprint density at radius 3 is 2.24 bits per heavy atom. The highest BCUT2D eigenvalue weighted by Gasteiger charge is 2.31. The molecule has 21 heavy (non-hydrogen) atoms. The van der Waals surface area contributed by atoms with Gasteiger partial charge in [0.2, 0.25) is 0 Å². The fraction of sp³-hybridized carbons (Fsp3) is 0.857. The Morgan fingerprint density at radius 2 is 1.76 bits per heavy atom. The van der Waals surface area contributed by atoms with Crippen molar-refractivity contribution in [3.63, 3.8) is 0 Å². The van der Waals surface area contributed by atoms with Crippen LogP contribution in [-0.4, -0.2) is 48.5 Å². The molecule has 3 N–H and O–H groups in total. The third kappa shape index (κ3) is 7.40. The molecular formula is C14H28N2O5. The van der Waals surface area contributed by atoms with Crippen LogP contribution in [0.1, 0.15) is 41.0 Å². The number of hydrogen-bond donors (Lipinski definition) is 3. The van der Waals surface area contributed by atoms with Gasteiger partial charge in [-0.15, -0.1) is 0 Å². The second-order valence-electron chi connectivity index (χ2n) is 6.33. The third-order valence-corrected chi connectivity index (χ3v) is 3.61. The number of nitrogens with one attached hydrogen (secondary N) is 2. The SMILES string of the molecule is COCCC(C)(C)OCC(C)C(C)(C)NC(=O)C(=O)NO. The standard InChI is InChI=1S/C14H28N2O5/c1-10(9-21-13(2,3)7-8-20-6)14(4,5)15-11(17)12(18)16-19/h10,19H,7-9H2,1-6H3,(H,15,17)(H,16,18). The summed E-state index contributed by atoms with van der Waals surface area (Å²) in [5.41, 5.74) is 0.331. The van der Waals surface area contributed by atoms with Crippen molar-refractivity contribution in [1.29, 1.82) is 0 Å². The molecule has 0 fully saturated rings. The zero-order chi connectivity index (χ0) is 16.7. The van der Waals surface area contributed by atoms with E-state index in [-0.39, 0.29) is 11.5 Å². The van der Waals surface area contributed by atoms with Crippen LogP contribution < -0.4 is 10.8 Å². The Hall–Kier alpha value is -1.18. The maximum atomic E-state index is 11.5. The highest BCUT2D eigenvalue weighted by molar-refractivity contribution is 6.34. The van der Waals surface area contributed by atoms with Crippen molar-refractivity contribution >= 4 is 11.8 Å². The lowest BCUT2D eigenvalue weighted by Crippen LogP contribution is -2.53. The number of hydroxylamine groups is 1. The van der Waals surface area contributed by atoms with E-state index in [1.807, 2.05) is 20.8 Å². The molecular weight excluding hydrogens is 276 g/mol. The fourth-order valence-electron chi connectivity index (χ4n) is 1.50. The maximum Gasteiger partial charge on any atom is 0.332 e. The predicted molar refractivity (Wildman–Crippen MR) is 77.8 cm³/mol. The molecule has 0 rings (SSSR count). The molecule has 0 saturated carbocycles. The van der Waals surface area contributed by atoms with Gasteiger partial charge in [-0.3, -0.25) is 14.8 Å². The van der Waals surface area contributed by atoms with Gasteiger partial charge in [-0.05, 0) is 34.1 Å². The zero-order valence-electron chi connectivity index (χ0n) is 13.8. The van der Waals surface area contributed by atoms with Crippen molar-refractivity contribution in [2.75, 3.05) is 20.3 Å². The van der Waals surface area contributed by atoms with E-state index in [0.29, 0.717) is 13.2 Å². The average Bonchev–Trinajstić information content (AvgIpc) is 2.41. The smallest absolute Gasteiger partial charge is 0.332 e. The van der Waals surface area contributed by atoms with Crippen LogP contribution in [0.4, 0.5) is 0 Å². The minimum absolute atomic E-state index is 0.0326. The molecule has 0 aliphatic carbocycles. The minimum Gasteiger partial charge on any atom is -0.385 e. The van der Waals surface area contributed by atoms with E-state index in [1.54, 1.807) is 21.0 Å². The van der Waals surface area contributed by atoms with E-state index in [4.69, 9.17) is 14.7 Å². The first kappa shape index (κ1) is 19.8. The molecule has 0 aromatic carbocycles. The largest absolute Gasteiger partial charge is 0.385 e. The van der Waals surface area contributed by atoms with E-state index in [1.165, 1.54) is 5.48 Å². The summed E-state index contributed by atoms with van der Waals surface area (Å²) >= 11 is 0. The number of rotatable bonds is 8. The van der Waals surface area contributed by atoms with E-state index in [2.05, 4.69) is 5.32 Å². The van der Waals surface area contributed by atoms with Crippen LogP contribution in [0.3, 0.4) is 0 Å². The summed E-state index contributed by atoms with van der Waals surface area (Å²) < 4.78 is 10.9. The van der Waals surface area contributed by atoms with Gasteiger partial charge in [0.05, 0.1) is 12.2 Å². The van der Waals surface area contributed by atoms with Crippen molar-refractivity contribution < 1.29 is 24.3 Å². The first-order valence-electron chi connectivity index (χ1n) is 6.95. The topological polar surface area (TPSA) is 96.9 Å². The number of amides is 2. The molecule has 0 aliphatic rings. The van der Waals surface area contributed by atoms with Crippen molar-refractivity contribution in [3.05, 3.63) is 0 Å². The van der Waals surface area contributed by atoms with Gasteiger partial charge in [0, 0.05) is 25.2 Å². The third-order valence-electron chi connectivity index (χ3n) is 3.61. The van der Waals surface area contributed by atoms with Crippen LogP contribution in [0, 0.1) is 5.92 Å². The van der Waals surface area contributed by atoms with Gasteiger partial charge in [-0.1, -0.05) is 6.92 Å². The van der Waals surface area contributed by atoms with Gasteiger partial charge in [-0.2, -0.15) is 0 Å². The van der Waals surface area contributed by atoms with Gasteiger partial charge >= 0.3 is 11.8 Å². The first-order chi connectivity index (χ1) is 9.55. The van der Waals surface area contributed by atoms with E-state index < -0.39 is 17.4 Å². The first-order valence-corrected chi connectivity index (χ1v) is 6.95. The molecule has 124 valence electrons. The van der Waals surface area contributed by atoms with Crippen LogP contribution in [0.5, 0.6) is 0 Å². The Morgan fingerprint density at radius 1 is 1.19 bits per heavy atom. The van der Waals surface area contributed by atoms with Crippen LogP contribution in [-0.2, 0) is 19.1 Å². The molecule has 0 saturated heterocycles. The van der Waals surface area contributed by atoms with E-state index in [9.17, 15) is 9.59 Å². The number of ether oxygens (including phenoxy) is 2. The summed E-state index contributed by atoms with van der Waals surface area (Å²) in [6, 6.07) is 0. The quantitative estimate of drug-likeness (QED) is 0.351. The minimum atomic E-state index is -1.09. The summed E-state index contributed by atoms with van der Waals surface area (Å²) in [5, 5.41) is 11.0. The van der Waals surface area contributed by atoms with Crippen molar-refractivity contribution in [2.24, 2.45) is 5.92 Å². The highest BCUT2D eigenvalue weighted by Crippen LogP contribution is 2.21. The number of methoxy groups -OCH3 is 1. The fourth-order valence-corrected chi connectivity index (χ4v) is 1.50. The summed E-state index contributed by atoms with van der Waals surface area (Å²) in [4.78, 5) is 22.5. The molecule has 1 atom stereocenters. The van der Waals surface area contributed by atoms with Gasteiger partial charge in [-0.25, -0.2) is 5.48 Å². The van der Waals surface area contributed by atoms with Gasteiger partial charge < -0.3 is 14.8 Å². The van der Waals surface area contributed by atoms with Gasteiger partial charge in [0.1, 0.15) is 0 Å². The van der Waals surface area contributed by atoms with Crippen LogP contribution >= 0.6 is 0 Å². The number of carbonyl (C=O) groups is 2. The van der Waals surface area contributed by atoms with Crippen LogP contribution in [0.25, 0.3) is 0 Å². The Labute approximate surface area is 126 Å². The molecule has 0 aromatic rings. The van der Waals surface area contributed by atoms with Gasteiger partial charge in [0.15, 0.2) is 0 Å². The van der Waals surface area contributed by atoms with Crippen molar-refractivity contribution in [3.8, 4) is 0 Å². The van der Waals surface area contributed by atoms with Crippen LogP contribution in [0.15, 0.2) is 0 Å². The van der Waals surface area contributed by atoms with E-state index >= 15 is 0 Å². The molecule has 7 heteroatoms. The molecule has 2 amide bonds. The second kappa shape index (κ2) is 8.31. The summed E-state index contributed by atoms with van der Waals surface area (Å²) in [6.07, 6.45) is 0.760. The Kier molecular flexibility index (Phi) is 7.84. The van der Waals surface area contributed by atoms with Crippen LogP contribution in [0.2, 0.25) is 0 Å². The lowest BCUT2D eigenvalue weighted by molar-refractivity contribution is -0.145. The molecule has 1 unspecified atom stereocenters. The normalized spacial score (nSPS) is 13.7. The Bertz CT molecular complexity index is 355. The second-order valence-corrected chi connectivity index (χ2v) is 6.33. The average molecular weight is 304 g/mol. The lowest BCUT2D eigenvalue weighted by atomic mass is 9.89. The summed E-state index contributed by atoms with van der Waals surface area (Å²) in [5.74, 6) is -2.00. The monoisotopic (exact) mass is 304 g/mol. The lowest BCUT2D eigenvalue weighted by Gasteiger charge is -2.35. The molecule has 0 radical (unpaired) electrons. The zero-order valence-corrected chi connectivity index (χ0v) is 13.8. The summed E-state index contributed by atoms with van der Waals surface area (Å²) in [6.45, 7) is 10.5. The Balaban J connectivity index is 4.45.